The summed E-state index contributed by atoms with van der Waals surface area (Å²) < 4.78 is 1.92. The van der Waals surface area contributed by atoms with Gasteiger partial charge in [0.05, 0.1) is 18.5 Å². The summed E-state index contributed by atoms with van der Waals surface area (Å²) >= 11 is 5.94. The van der Waals surface area contributed by atoms with Gasteiger partial charge in [-0.25, -0.2) is 15.0 Å². The van der Waals surface area contributed by atoms with E-state index in [1.54, 1.807) is 6.33 Å². The normalized spacial score (nSPS) is 24.3. The molecule has 0 amide bonds. The lowest BCUT2D eigenvalue weighted by molar-refractivity contribution is 0.201. The zero-order valence-electron chi connectivity index (χ0n) is 9.21. The molecule has 1 N–H and O–H groups in total. The number of hydrogen-bond donors (Lipinski definition) is 1. The third-order valence-electron chi connectivity index (χ3n) is 3.12. The summed E-state index contributed by atoms with van der Waals surface area (Å²) in [6.45, 7) is 1.92. The molecule has 0 unspecified atom stereocenters. The van der Waals surface area contributed by atoms with Gasteiger partial charge in [0, 0.05) is 6.42 Å². The topological polar surface area (TPSA) is 63.8 Å². The summed E-state index contributed by atoms with van der Waals surface area (Å²) in [5.41, 5.74) is 2.28. The molecule has 2 aromatic rings. The first-order chi connectivity index (χ1) is 8.16. The molecule has 2 aromatic heterocycles. The van der Waals surface area contributed by atoms with Crippen molar-refractivity contribution in [2.75, 3.05) is 0 Å². The van der Waals surface area contributed by atoms with Gasteiger partial charge in [0.2, 0.25) is 0 Å². The smallest absolute Gasteiger partial charge is 0.165 e. The maximum atomic E-state index is 9.73. The minimum absolute atomic E-state index is 0.0842. The van der Waals surface area contributed by atoms with Crippen LogP contribution in [0.5, 0.6) is 0 Å². The highest BCUT2D eigenvalue weighted by Gasteiger charge is 2.24. The van der Waals surface area contributed by atoms with Crippen molar-refractivity contribution in [1.29, 1.82) is 0 Å². The van der Waals surface area contributed by atoms with E-state index in [1.165, 1.54) is 6.33 Å². The van der Waals surface area contributed by atoms with Gasteiger partial charge in [-0.1, -0.05) is 17.7 Å². The summed E-state index contributed by atoms with van der Waals surface area (Å²) in [7, 11) is 0. The summed E-state index contributed by atoms with van der Waals surface area (Å²) in [6.07, 6.45) is 5.42. The van der Waals surface area contributed by atoms with Crippen LogP contribution in [0.25, 0.3) is 11.2 Å². The van der Waals surface area contributed by atoms with E-state index < -0.39 is 0 Å². The maximum absolute atomic E-state index is 9.73. The number of aliphatic hydroxyl groups is 1. The Hall–Kier alpha value is -1.46. The van der Waals surface area contributed by atoms with Crippen LogP contribution in [0.3, 0.4) is 0 Å². The highest BCUT2D eigenvalue weighted by molar-refractivity contribution is 6.33. The molecule has 0 spiro atoms. The molecular weight excluding hydrogens is 240 g/mol. The molecule has 6 heteroatoms. The minimum atomic E-state index is -0.380. The van der Waals surface area contributed by atoms with Gasteiger partial charge in [0.25, 0.3) is 0 Å². The standard InChI is InChI=1S/C11H11ClN4O/c1-6-2-7(3-8(6)17)16-5-15-9-10(12)13-4-14-11(9)16/h2,4-5,7-8,17H,3H2,1H3/t7-,8-/m1/s1. The molecule has 0 saturated heterocycles. The second-order valence-corrected chi connectivity index (χ2v) is 4.58. The van der Waals surface area contributed by atoms with E-state index in [4.69, 9.17) is 11.6 Å². The number of nitrogens with zero attached hydrogens (tertiary/aromatic N) is 4. The van der Waals surface area contributed by atoms with Crippen LogP contribution >= 0.6 is 11.6 Å². The number of allylic oxidation sites excluding steroid dienone is 1. The van der Waals surface area contributed by atoms with Gasteiger partial charge in [-0.2, -0.15) is 0 Å². The Bertz CT molecular complexity index is 607. The van der Waals surface area contributed by atoms with Crippen LogP contribution in [-0.2, 0) is 0 Å². The first kappa shape index (κ1) is 10.7. The van der Waals surface area contributed by atoms with Crippen molar-refractivity contribution in [2.24, 2.45) is 0 Å². The lowest BCUT2D eigenvalue weighted by atomic mass is 10.2. The zero-order valence-corrected chi connectivity index (χ0v) is 9.96. The van der Waals surface area contributed by atoms with Gasteiger partial charge in [-0.3, -0.25) is 0 Å². The Morgan fingerprint density at radius 1 is 1.41 bits per heavy atom. The summed E-state index contributed by atoms with van der Waals surface area (Å²) in [4.78, 5) is 12.3. The quantitative estimate of drug-likeness (QED) is 0.618. The van der Waals surface area contributed by atoms with E-state index >= 15 is 0 Å². The molecule has 2 heterocycles. The number of aromatic nitrogens is 4. The Morgan fingerprint density at radius 2 is 2.24 bits per heavy atom. The van der Waals surface area contributed by atoms with Gasteiger partial charge >= 0.3 is 0 Å². The van der Waals surface area contributed by atoms with Crippen LogP contribution in [0.4, 0.5) is 0 Å². The monoisotopic (exact) mass is 250 g/mol. The van der Waals surface area contributed by atoms with E-state index in [9.17, 15) is 5.11 Å². The fraction of sp³-hybridized carbons (Fsp3) is 0.364. The highest BCUT2D eigenvalue weighted by atomic mass is 35.5. The summed E-state index contributed by atoms with van der Waals surface area (Å²) in [5, 5.41) is 10.1. The van der Waals surface area contributed by atoms with Crippen molar-refractivity contribution in [1.82, 2.24) is 19.5 Å². The van der Waals surface area contributed by atoms with Gasteiger partial charge in [0.15, 0.2) is 10.8 Å². The van der Waals surface area contributed by atoms with E-state index in [-0.39, 0.29) is 12.1 Å². The average Bonchev–Trinajstić information content (AvgIpc) is 2.85. The number of halogens is 1. The van der Waals surface area contributed by atoms with Crippen LogP contribution < -0.4 is 0 Å². The molecule has 1 aliphatic carbocycles. The average molecular weight is 251 g/mol. The first-order valence-corrected chi connectivity index (χ1v) is 5.74. The second-order valence-electron chi connectivity index (χ2n) is 4.22. The first-order valence-electron chi connectivity index (χ1n) is 5.36. The molecule has 0 aliphatic heterocycles. The van der Waals surface area contributed by atoms with Gasteiger partial charge in [-0.15, -0.1) is 0 Å². The number of fused-ring (bicyclic) bond motifs is 1. The van der Waals surface area contributed by atoms with Gasteiger partial charge < -0.3 is 9.67 Å². The van der Waals surface area contributed by atoms with Crippen molar-refractivity contribution >= 4 is 22.8 Å². The number of hydrogen-bond acceptors (Lipinski definition) is 4. The Labute approximate surface area is 103 Å². The second kappa shape index (κ2) is 3.78. The number of aliphatic hydroxyl groups excluding tert-OH is 1. The van der Waals surface area contributed by atoms with Gasteiger partial charge in [0.1, 0.15) is 11.8 Å². The zero-order chi connectivity index (χ0) is 12.0. The largest absolute Gasteiger partial charge is 0.389 e. The molecule has 0 fully saturated rings. The fourth-order valence-corrected chi connectivity index (χ4v) is 2.33. The lowest BCUT2D eigenvalue weighted by Crippen LogP contribution is -2.08. The van der Waals surface area contributed by atoms with Crippen LogP contribution in [0, 0.1) is 0 Å². The summed E-state index contributed by atoms with van der Waals surface area (Å²) in [6, 6.07) is 0.0842. The van der Waals surface area contributed by atoms with Crippen LogP contribution in [0.15, 0.2) is 24.3 Å². The van der Waals surface area contributed by atoms with Crippen LogP contribution in [0.2, 0.25) is 5.15 Å². The minimum Gasteiger partial charge on any atom is -0.389 e. The van der Waals surface area contributed by atoms with Gasteiger partial charge in [-0.05, 0) is 12.5 Å². The fourth-order valence-electron chi connectivity index (χ4n) is 2.16. The molecule has 17 heavy (non-hydrogen) atoms. The van der Waals surface area contributed by atoms with E-state index in [0.717, 1.165) is 5.57 Å². The molecule has 3 rings (SSSR count). The van der Waals surface area contributed by atoms with Crippen molar-refractivity contribution < 1.29 is 5.11 Å². The van der Waals surface area contributed by atoms with E-state index in [1.807, 2.05) is 17.6 Å². The Kier molecular flexibility index (Phi) is 2.38. The molecule has 0 aromatic carbocycles. The lowest BCUT2D eigenvalue weighted by Gasteiger charge is -2.10. The molecule has 1 aliphatic rings. The molecule has 2 atom stereocenters. The predicted molar refractivity (Wildman–Crippen MR) is 63.8 cm³/mol. The predicted octanol–water partition coefficient (Wildman–Crippen LogP) is 1.73. The van der Waals surface area contributed by atoms with Crippen LogP contribution in [0.1, 0.15) is 19.4 Å². The van der Waals surface area contributed by atoms with E-state index in [2.05, 4.69) is 15.0 Å². The third-order valence-corrected chi connectivity index (χ3v) is 3.39. The summed E-state index contributed by atoms with van der Waals surface area (Å²) in [5.74, 6) is 0. The molecule has 0 saturated carbocycles. The molecule has 5 nitrogen and oxygen atoms in total. The Morgan fingerprint density at radius 3 is 2.94 bits per heavy atom. The highest BCUT2D eigenvalue weighted by Crippen LogP contribution is 2.31. The SMILES string of the molecule is CC1=C[C@@H](n2cnc3c(Cl)ncnc32)C[C@H]1O. The van der Waals surface area contributed by atoms with Crippen molar-refractivity contribution in [3.8, 4) is 0 Å². The number of imidazole rings is 1. The van der Waals surface area contributed by atoms with Crippen molar-refractivity contribution in [3.05, 3.63) is 29.5 Å². The Balaban J connectivity index is 2.11. The van der Waals surface area contributed by atoms with Crippen molar-refractivity contribution in [2.45, 2.75) is 25.5 Å². The molecule has 0 radical (unpaired) electrons. The number of rotatable bonds is 1. The van der Waals surface area contributed by atoms with Crippen LogP contribution in [-0.4, -0.2) is 30.7 Å². The molecule has 0 bridgehead atoms. The van der Waals surface area contributed by atoms with Crippen molar-refractivity contribution in [3.63, 3.8) is 0 Å². The maximum Gasteiger partial charge on any atom is 0.165 e. The molecular formula is C11H11ClN4O. The van der Waals surface area contributed by atoms with E-state index in [0.29, 0.717) is 22.7 Å². The molecule has 88 valence electrons. The third kappa shape index (κ3) is 1.62.